The summed E-state index contributed by atoms with van der Waals surface area (Å²) in [6, 6.07) is 23.2. The van der Waals surface area contributed by atoms with Crippen molar-refractivity contribution in [2.45, 2.75) is 25.4 Å². The summed E-state index contributed by atoms with van der Waals surface area (Å²) in [5, 5.41) is 17.5. The third-order valence-corrected chi connectivity index (χ3v) is 6.51. The Balaban J connectivity index is 1.17. The van der Waals surface area contributed by atoms with Crippen molar-refractivity contribution < 1.29 is 9.72 Å². The van der Waals surface area contributed by atoms with E-state index in [1.807, 2.05) is 30.3 Å². The Kier molecular flexibility index (Phi) is 6.63. The monoisotopic (exact) mass is 471 g/mol. The van der Waals surface area contributed by atoms with E-state index in [0.717, 1.165) is 51.3 Å². The maximum Gasteiger partial charge on any atom is 0.293 e. The second kappa shape index (κ2) is 10.1. The largest absolute Gasteiger partial charge is 0.377 e. The van der Waals surface area contributed by atoms with Crippen molar-refractivity contribution in [1.82, 2.24) is 4.90 Å². The summed E-state index contributed by atoms with van der Waals surface area (Å²) in [7, 11) is 0. The SMILES string of the molecule is O=C(Nc1ccc(N2CCN(Cc3ccccc3)CC2)cc1)c1ccc(NC2CC2)c([N+](=O)[O-])c1. The molecule has 5 rings (SSSR count). The molecule has 3 aromatic rings. The van der Waals surface area contributed by atoms with Gasteiger partial charge in [-0.1, -0.05) is 30.3 Å². The fraction of sp³-hybridized carbons (Fsp3) is 0.296. The van der Waals surface area contributed by atoms with Crippen molar-refractivity contribution in [3.63, 3.8) is 0 Å². The van der Waals surface area contributed by atoms with Gasteiger partial charge >= 0.3 is 0 Å². The van der Waals surface area contributed by atoms with E-state index in [2.05, 4.69) is 44.7 Å². The normalized spacial score (nSPS) is 16.1. The van der Waals surface area contributed by atoms with Crippen molar-refractivity contribution in [3.8, 4) is 0 Å². The number of nitro benzene ring substituents is 1. The smallest absolute Gasteiger partial charge is 0.293 e. The minimum Gasteiger partial charge on any atom is -0.377 e. The van der Waals surface area contributed by atoms with Gasteiger partial charge in [0.2, 0.25) is 0 Å². The summed E-state index contributed by atoms with van der Waals surface area (Å²) in [5.74, 6) is -0.367. The molecule has 2 N–H and O–H groups in total. The van der Waals surface area contributed by atoms with Gasteiger partial charge in [-0.2, -0.15) is 0 Å². The molecule has 2 fully saturated rings. The molecule has 35 heavy (non-hydrogen) atoms. The van der Waals surface area contributed by atoms with Gasteiger partial charge in [0.05, 0.1) is 4.92 Å². The highest BCUT2D eigenvalue weighted by Crippen LogP contribution is 2.32. The first-order chi connectivity index (χ1) is 17.0. The molecule has 0 atom stereocenters. The molecule has 8 nitrogen and oxygen atoms in total. The van der Waals surface area contributed by atoms with Gasteiger partial charge < -0.3 is 15.5 Å². The van der Waals surface area contributed by atoms with Crippen LogP contribution in [0.3, 0.4) is 0 Å². The van der Waals surface area contributed by atoms with E-state index in [9.17, 15) is 14.9 Å². The number of carbonyl (C=O) groups is 1. The number of nitrogens with one attached hydrogen (secondary N) is 2. The fourth-order valence-corrected chi connectivity index (χ4v) is 4.36. The maximum absolute atomic E-state index is 12.7. The molecule has 0 aromatic heterocycles. The number of nitro groups is 1. The maximum atomic E-state index is 12.7. The highest BCUT2D eigenvalue weighted by Gasteiger charge is 2.25. The molecule has 1 amide bonds. The molecule has 0 spiro atoms. The molecule has 8 heteroatoms. The number of piperazine rings is 1. The fourth-order valence-electron chi connectivity index (χ4n) is 4.36. The van der Waals surface area contributed by atoms with Gasteiger partial charge in [0.15, 0.2) is 0 Å². The van der Waals surface area contributed by atoms with E-state index in [1.165, 1.54) is 11.6 Å². The van der Waals surface area contributed by atoms with Gasteiger partial charge in [-0.15, -0.1) is 0 Å². The summed E-state index contributed by atoms with van der Waals surface area (Å²) in [6.45, 7) is 4.86. The summed E-state index contributed by atoms with van der Waals surface area (Å²) < 4.78 is 0. The first-order valence-corrected chi connectivity index (χ1v) is 12.0. The van der Waals surface area contributed by atoms with E-state index in [1.54, 1.807) is 12.1 Å². The third kappa shape index (κ3) is 5.78. The van der Waals surface area contributed by atoms with Crippen LogP contribution >= 0.6 is 0 Å². The third-order valence-electron chi connectivity index (χ3n) is 6.51. The number of carbonyl (C=O) groups excluding carboxylic acids is 1. The quantitative estimate of drug-likeness (QED) is 0.364. The van der Waals surface area contributed by atoms with Crippen LogP contribution in [-0.2, 0) is 6.54 Å². The van der Waals surface area contributed by atoms with Crippen LogP contribution in [0.25, 0.3) is 0 Å². The molecule has 1 heterocycles. The van der Waals surface area contributed by atoms with Crippen molar-refractivity contribution in [2.24, 2.45) is 0 Å². The number of amides is 1. The van der Waals surface area contributed by atoms with E-state index >= 15 is 0 Å². The van der Waals surface area contributed by atoms with Crippen LogP contribution in [0.1, 0.15) is 28.8 Å². The van der Waals surface area contributed by atoms with Crippen LogP contribution in [0.5, 0.6) is 0 Å². The number of nitrogens with zero attached hydrogens (tertiary/aromatic N) is 3. The summed E-state index contributed by atoms with van der Waals surface area (Å²) in [4.78, 5) is 28.6. The standard InChI is InChI=1S/C27H29N5O3/c33-27(21-6-13-25(28-22-7-8-22)26(18-21)32(34)35)29-23-9-11-24(12-10-23)31-16-14-30(15-17-31)19-20-4-2-1-3-5-20/h1-6,9-13,18,22,28H,7-8,14-17,19H2,(H,29,33). The van der Waals surface area contributed by atoms with Crippen molar-refractivity contribution in [1.29, 1.82) is 0 Å². The van der Waals surface area contributed by atoms with Gasteiger partial charge in [-0.3, -0.25) is 19.8 Å². The molecular weight excluding hydrogens is 442 g/mol. The lowest BCUT2D eigenvalue weighted by molar-refractivity contribution is -0.384. The summed E-state index contributed by atoms with van der Waals surface area (Å²) in [6.07, 6.45) is 2.03. The van der Waals surface area contributed by atoms with E-state index in [-0.39, 0.29) is 17.2 Å². The summed E-state index contributed by atoms with van der Waals surface area (Å²) in [5.41, 5.74) is 3.75. The second-order valence-corrected chi connectivity index (χ2v) is 9.16. The molecule has 3 aromatic carbocycles. The minimum absolute atomic E-state index is 0.0775. The van der Waals surface area contributed by atoms with Crippen LogP contribution in [0, 0.1) is 10.1 Å². The molecule has 180 valence electrons. The van der Waals surface area contributed by atoms with Crippen LogP contribution in [-0.4, -0.2) is 48.0 Å². The first-order valence-electron chi connectivity index (χ1n) is 12.0. The zero-order valence-corrected chi connectivity index (χ0v) is 19.5. The van der Waals surface area contributed by atoms with Gasteiger partial charge in [0.1, 0.15) is 5.69 Å². The Morgan fingerprint density at radius 1 is 0.943 bits per heavy atom. The number of benzene rings is 3. The Morgan fingerprint density at radius 3 is 2.31 bits per heavy atom. The van der Waals surface area contributed by atoms with E-state index in [4.69, 9.17) is 0 Å². The summed E-state index contributed by atoms with van der Waals surface area (Å²) >= 11 is 0. The molecule has 0 radical (unpaired) electrons. The van der Waals surface area contributed by atoms with Crippen molar-refractivity contribution >= 4 is 28.7 Å². The lowest BCUT2D eigenvalue weighted by Crippen LogP contribution is -2.45. The van der Waals surface area contributed by atoms with E-state index < -0.39 is 4.92 Å². The molecule has 0 unspecified atom stereocenters. The highest BCUT2D eigenvalue weighted by atomic mass is 16.6. The zero-order valence-electron chi connectivity index (χ0n) is 19.5. The number of hydrogen-bond acceptors (Lipinski definition) is 6. The average Bonchev–Trinajstić information content (AvgIpc) is 3.70. The molecule has 1 saturated carbocycles. The van der Waals surface area contributed by atoms with Crippen LogP contribution in [0.2, 0.25) is 0 Å². The molecule has 2 aliphatic rings. The molecule has 1 aliphatic carbocycles. The Hall–Kier alpha value is -3.91. The van der Waals surface area contributed by atoms with Gasteiger partial charge in [0.25, 0.3) is 11.6 Å². The van der Waals surface area contributed by atoms with Crippen molar-refractivity contribution in [3.05, 3.63) is 94.0 Å². The predicted molar refractivity (Wildman–Crippen MR) is 138 cm³/mol. The lowest BCUT2D eigenvalue weighted by atomic mass is 10.1. The van der Waals surface area contributed by atoms with Gasteiger partial charge in [0, 0.05) is 61.8 Å². The zero-order chi connectivity index (χ0) is 24.2. The Labute approximate surface area is 204 Å². The average molecular weight is 472 g/mol. The van der Waals surface area contributed by atoms with Crippen LogP contribution in [0.4, 0.5) is 22.7 Å². The van der Waals surface area contributed by atoms with E-state index in [0.29, 0.717) is 17.4 Å². The molecular formula is C27H29N5O3. The number of rotatable bonds is 8. The number of anilines is 3. The minimum atomic E-state index is -0.449. The molecule has 0 bridgehead atoms. The van der Waals surface area contributed by atoms with Gasteiger partial charge in [-0.25, -0.2) is 0 Å². The topological polar surface area (TPSA) is 90.8 Å². The lowest BCUT2D eigenvalue weighted by Gasteiger charge is -2.36. The Morgan fingerprint density at radius 2 is 1.66 bits per heavy atom. The second-order valence-electron chi connectivity index (χ2n) is 9.16. The number of hydrogen-bond donors (Lipinski definition) is 2. The van der Waals surface area contributed by atoms with Crippen molar-refractivity contribution in [2.75, 3.05) is 41.7 Å². The first kappa shape index (κ1) is 22.9. The Bertz CT molecular complexity index is 1190. The van der Waals surface area contributed by atoms with Crippen LogP contribution < -0.4 is 15.5 Å². The van der Waals surface area contributed by atoms with Crippen LogP contribution in [0.15, 0.2) is 72.8 Å². The highest BCUT2D eigenvalue weighted by molar-refractivity contribution is 6.05. The van der Waals surface area contributed by atoms with Gasteiger partial charge in [-0.05, 0) is 54.8 Å². The molecule has 1 saturated heterocycles. The predicted octanol–water partition coefficient (Wildman–Crippen LogP) is 4.74. The molecule has 1 aliphatic heterocycles.